The summed E-state index contributed by atoms with van der Waals surface area (Å²) < 4.78 is 23.8. The number of nitrogens with zero attached hydrogens (tertiary/aromatic N) is 1. The summed E-state index contributed by atoms with van der Waals surface area (Å²) in [4.78, 5) is 0. The van der Waals surface area contributed by atoms with Crippen molar-refractivity contribution < 1.29 is 8.42 Å². The number of sulfonamides is 1. The predicted octanol–water partition coefficient (Wildman–Crippen LogP) is -0.370. The quantitative estimate of drug-likeness (QED) is 0.649. The fourth-order valence-electron chi connectivity index (χ4n) is 1.48. The van der Waals surface area contributed by atoms with Crippen molar-refractivity contribution >= 4 is 10.0 Å². The molecule has 1 rings (SSSR count). The first-order chi connectivity index (χ1) is 5.54. The summed E-state index contributed by atoms with van der Waals surface area (Å²) in [7, 11) is -1.10. The highest BCUT2D eigenvalue weighted by Gasteiger charge is 2.24. The van der Waals surface area contributed by atoms with E-state index in [1.807, 2.05) is 7.05 Å². The zero-order valence-corrected chi connectivity index (χ0v) is 8.39. The van der Waals surface area contributed by atoms with Crippen molar-refractivity contribution in [2.75, 3.05) is 26.4 Å². The summed E-state index contributed by atoms with van der Waals surface area (Å²) >= 11 is 0. The standard InChI is InChI=1S/C7H16N2O2S/c1-8-7-4-3-5-9(6-7)12(2,10)11/h7-8H,3-6H2,1-2H3/t7-/m1/s1. The van der Waals surface area contributed by atoms with Crippen molar-refractivity contribution in [2.24, 2.45) is 0 Å². The van der Waals surface area contributed by atoms with Gasteiger partial charge in [0.05, 0.1) is 6.26 Å². The molecule has 5 heteroatoms. The molecule has 0 spiro atoms. The van der Waals surface area contributed by atoms with Crippen LogP contribution in [0, 0.1) is 0 Å². The van der Waals surface area contributed by atoms with Gasteiger partial charge in [0.2, 0.25) is 10.0 Å². The zero-order chi connectivity index (χ0) is 9.19. The third kappa shape index (κ3) is 2.43. The van der Waals surface area contributed by atoms with E-state index >= 15 is 0 Å². The molecule has 0 aromatic heterocycles. The van der Waals surface area contributed by atoms with E-state index in [1.54, 1.807) is 0 Å². The number of hydrogen-bond donors (Lipinski definition) is 1. The van der Waals surface area contributed by atoms with Gasteiger partial charge in [0.25, 0.3) is 0 Å². The average molecular weight is 192 g/mol. The Hall–Kier alpha value is -0.130. The normalized spacial score (nSPS) is 27.3. The molecule has 4 nitrogen and oxygen atoms in total. The van der Waals surface area contributed by atoms with Crippen molar-refractivity contribution in [1.29, 1.82) is 0 Å². The largest absolute Gasteiger partial charge is 0.316 e. The Bertz CT molecular complexity index is 238. The van der Waals surface area contributed by atoms with Crippen LogP contribution >= 0.6 is 0 Å². The zero-order valence-electron chi connectivity index (χ0n) is 7.58. The molecule has 0 aromatic rings. The first-order valence-corrected chi connectivity index (χ1v) is 6.01. The number of nitrogens with one attached hydrogen (secondary N) is 1. The highest BCUT2D eigenvalue weighted by atomic mass is 32.2. The second kappa shape index (κ2) is 3.72. The molecule has 0 aromatic carbocycles. The summed E-state index contributed by atoms with van der Waals surface area (Å²) in [5, 5.41) is 3.10. The second-order valence-electron chi connectivity index (χ2n) is 3.25. The van der Waals surface area contributed by atoms with Gasteiger partial charge in [0, 0.05) is 19.1 Å². The van der Waals surface area contributed by atoms with Gasteiger partial charge in [0.1, 0.15) is 0 Å². The minimum Gasteiger partial charge on any atom is -0.316 e. The third-order valence-electron chi connectivity index (χ3n) is 2.26. The van der Waals surface area contributed by atoms with Crippen LogP contribution < -0.4 is 5.32 Å². The maximum Gasteiger partial charge on any atom is 0.211 e. The molecule has 1 atom stereocenters. The molecular weight excluding hydrogens is 176 g/mol. The van der Waals surface area contributed by atoms with E-state index in [4.69, 9.17) is 0 Å². The average Bonchev–Trinajstić information content (AvgIpc) is 2.03. The van der Waals surface area contributed by atoms with E-state index in [1.165, 1.54) is 10.6 Å². The van der Waals surface area contributed by atoms with Gasteiger partial charge in [-0.1, -0.05) is 0 Å². The molecule has 1 N–H and O–H groups in total. The summed E-state index contributed by atoms with van der Waals surface area (Å²) in [6, 6.07) is 0.327. The van der Waals surface area contributed by atoms with E-state index in [2.05, 4.69) is 5.32 Å². The van der Waals surface area contributed by atoms with Crippen LogP contribution in [0.1, 0.15) is 12.8 Å². The minimum atomic E-state index is -2.98. The van der Waals surface area contributed by atoms with Crippen molar-refractivity contribution in [2.45, 2.75) is 18.9 Å². The first-order valence-electron chi connectivity index (χ1n) is 4.16. The predicted molar refractivity (Wildman–Crippen MR) is 48.5 cm³/mol. The molecule has 1 fully saturated rings. The lowest BCUT2D eigenvalue weighted by molar-refractivity contribution is 0.294. The van der Waals surface area contributed by atoms with Gasteiger partial charge in [-0.15, -0.1) is 0 Å². The fourth-order valence-corrected chi connectivity index (χ4v) is 2.39. The van der Waals surface area contributed by atoms with Gasteiger partial charge in [0.15, 0.2) is 0 Å². The topological polar surface area (TPSA) is 49.4 Å². The van der Waals surface area contributed by atoms with E-state index < -0.39 is 10.0 Å². The Morgan fingerprint density at radius 1 is 1.50 bits per heavy atom. The Morgan fingerprint density at radius 2 is 2.17 bits per heavy atom. The molecule has 1 aliphatic rings. The number of likely N-dealkylation sites (N-methyl/N-ethyl adjacent to an activating group) is 1. The van der Waals surface area contributed by atoms with E-state index in [9.17, 15) is 8.42 Å². The van der Waals surface area contributed by atoms with Gasteiger partial charge in [-0.05, 0) is 19.9 Å². The van der Waals surface area contributed by atoms with Crippen LogP contribution in [0.5, 0.6) is 0 Å². The van der Waals surface area contributed by atoms with E-state index in [0.29, 0.717) is 19.1 Å². The molecule has 0 aliphatic carbocycles. The summed E-state index contributed by atoms with van der Waals surface area (Å²) in [6.45, 7) is 1.30. The molecule has 1 heterocycles. The molecule has 1 saturated heterocycles. The van der Waals surface area contributed by atoms with Crippen molar-refractivity contribution in [1.82, 2.24) is 9.62 Å². The van der Waals surface area contributed by atoms with Crippen LogP contribution in [0.25, 0.3) is 0 Å². The van der Waals surface area contributed by atoms with Gasteiger partial charge in [-0.2, -0.15) is 0 Å². The lowest BCUT2D eigenvalue weighted by Gasteiger charge is -2.30. The smallest absolute Gasteiger partial charge is 0.211 e. The molecule has 1 aliphatic heterocycles. The van der Waals surface area contributed by atoms with Gasteiger partial charge in [-0.25, -0.2) is 12.7 Å². The van der Waals surface area contributed by atoms with E-state index in [0.717, 1.165) is 12.8 Å². The molecule has 0 radical (unpaired) electrons. The fraction of sp³-hybridized carbons (Fsp3) is 1.00. The van der Waals surface area contributed by atoms with Crippen LogP contribution in [-0.2, 0) is 10.0 Å². The van der Waals surface area contributed by atoms with Crippen LogP contribution in [-0.4, -0.2) is 45.2 Å². The molecule has 0 amide bonds. The van der Waals surface area contributed by atoms with Crippen LogP contribution in [0.2, 0.25) is 0 Å². The van der Waals surface area contributed by atoms with Gasteiger partial charge in [-0.3, -0.25) is 0 Å². The Kier molecular flexibility index (Phi) is 3.09. The maximum absolute atomic E-state index is 11.1. The molecule has 0 bridgehead atoms. The van der Waals surface area contributed by atoms with Crippen LogP contribution in [0.15, 0.2) is 0 Å². The summed E-state index contributed by atoms with van der Waals surface area (Å²) in [5.41, 5.74) is 0. The minimum absolute atomic E-state index is 0.327. The molecule has 72 valence electrons. The Labute approximate surface area is 74.0 Å². The Morgan fingerprint density at radius 3 is 2.67 bits per heavy atom. The highest BCUT2D eigenvalue weighted by molar-refractivity contribution is 7.88. The lowest BCUT2D eigenvalue weighted by Crippen LogP contribution is -2.46. The lowest BCUT2D eigenvalue weighted by atomic mass is 10.1. The summed E-state index contributed by atoms with van der Waals surface area (Å²) in [6.07, 6.45) is 3.30. The molecule has 0 unspecified atom stereocenters. The molecule has 0 saturated carbocycles. The molecule has 12 heavy (non-hydrogen) atoms. The van der Waals surface area contributed by atoms with Crippen LogP contribution in [0.4, 0.5) is 0 Å². The van der Waals surface area contributed by atoms with Crippen molar-refractivity contribution in [3.63, 3.8) is 0 Å². The molecular formula is C7H16N2O2S. The van der Waals surface area contributed by atoms with Crippen molar-refractivity contribution in [3.05, 3.63) is 0 Å². The van der Waals surface area contributed by atoms with E-state index in [-0.39, 0.29) is 0 Å². The second-order valence-corrected chi connectivity index (χ2v) is 5.23. The number of hydrogen-bond acceptors (Lipinski definition) is 3. The first kappa shape index (κ1) is 9.95. The SMILES string of the molecule is CN[C@@H]1CCCN(S(C)(=O)=O)C1. The Balaban J connectivity index is 2.58. The summed E-state index contributed by atoms with van der Waals surface area (Å²) in [5.74, 6) is 0. The van der Waals surface area contributed by atoms with Crippen molar-refractivity contribution in [3.8, 4) is 0 Å². The van der Waals surface area contributed by atoms with Crippen LogP contribution in [0.3, 0.4) is 0 Å². The maximum atomic E-state index is 11.1. The third-order valence-corrected chi connectivity index (χ3v) is 3.53. The van der Waals surface area contributed by atoms with Gasteiger partial charge < -0.3 is 5.32 Å². The monoisotopic (exact) mass is 192 g/mol. The highest BCUT2D eigenvalue weighted by Crippen LogP contribution is 2.12. The number of piperidine rings is 1. The van der Waals surface area contributed by atoms with Gasteiger partial charge >= 0.3 is 0 Å². The number of rotatable bonds is 2.